The average molecular weight is 178 g/mol. The van der Waals surface area contributed by atoms with Gasteiger partial charge in [-0.05, 0) is 44.4 Å². The topological polar surface area (TPSA) is 17.1 Å². The monoisotopic (exact) mass is 178 g/mol. The molecule has 1 saturated carbocycles. The number of carbonyl (C=O) groups is 1. The molecule has 2 aliphatic rings. The van der Waals surface area contributed by atoms with E-state index in [4.69, 9.17) is 0 Å². The fraction of sp³-hybridized carbons (Fsp3) is 0.750. The summed E-state index contributed by atoms with van der Waals surface area (Å²) in [4.78, 5) is 11.5. The minimum Gasteiger partial charge on any atom is -0.299 e. The molecule has 0 amide bonds. The molecule has 2 aliphatic carbocycles. The summed E-state index contributed by atoms with van der Waals surface area (Å²) in [6.07, 6.45) is 11.5. The molecule has 0 unspecified atom stereocenters. The van der Waals surface area contributed by atoms with E-state index in [1.54, 1.807) is 0 Å². The van der Waals surface area contributed by atoms with Crippen molar-refractivity contribution >= 4 is 5.78 Å². The van der Waals surface area contributed by atoms with Gasteiger partial charge in [-0.2, -0.15) is 0 Å². The third-order valence-electron chi connectivity index (χ3n) is 3.02. The summed E-state index contributed by atoms with van der Waals surface area (Å²) in [5.74, 6) is 1.24. The zero-order valence-corrected chi connectivity index (χ0v) is 8.22. The fourth-order valence-corrected chi connectivity index (χ4v) is 2.03. The van der Waals surface area contributed by atoms with Crippen LogP contribution in [0.2, 0.25) is 0 Å². The molecule has 0 aromatic heterocycles. The summed E-state index contributed by atoms with van der Waals surface area (Å²) < 4.78 is 0. The van der Waals surface area contributed by atoms with Gasteiger partial charge in [0, 0.05) is 12.8 Å². The van der Waals surface area contributed by atoms with Gasteiger partial charge in [-0.15, -0.1) is 0 Å². The van der Waals surface area contributed by atoms with Crippen LogP contribution in [0.3, 0.4) is 0 Å². The minimum atomic E-state index is 0.482. The second-order valence-corrected chi connectivity index (χ2v) is 4.47. The van der Waals surface area contributed by atoms with Gasteiger partial charge in [-0.25, -0.2) is 0 Å². The van der Waals surface area contributed by atoms with E-state index in [1.807, 2.05) is 0 Å². The highest BCUT2D eigenvalue weighted by Gasteiger charge is 2.24. The Morgan fingerprint density at radius 3 is 2.85 bits per heavy atom. The number of rotatable bonds is 4. The van der Waals surface area contributed by atoms with Gasteiger partial charge in [-0.3, -0.25) is 4.79 Å². The summed E-state index contributed by atoms with van der Waals surface area (Å²) in [6, 6.07) is 0. The molecule has 0 aromatic rings. The lowest BCUT2D eigenvalue weighted by Crippen LogP contribution is -2.03. The quantitative estimate of drug-likeness (QED) is 0.604. The predicted molar refractivity (Wildman–Crippen MR) is 53.5 cm³/mol. The molecule has 0 heterocycles. The highest BCUT2D eigenvalue weighted by molar-refractivity contribution is 5.81. The van der Waals surface area contributed by atoms with Gasteiger partial charge >= 0.3 is 0 Å². The van der Waals surface area contributed by atoms with Gasteiger partial charge in [0.05, 0.1) is 0 Å². The van der Waals surface area contributed by atoms with Gasteiger partial charge < -0.3 is 0 Å². The van der Waals surface area contributed by atoms with Gasteiger partial charge in [0.15, 0.2) is 0 Å². The lowest BCUT2D eigenvalue weighted by molar-refractivity contribution is -0.118. The zero-order valence-electron chi connectivity index (χ0n) is 8.22. The maximum atomic E-state index is 11.5. The zero-order chi connectivity index (χ0) is 9.10. The van der Waals surface area contributed by atoms with Crippen LogP contribution in [0.25, 0.3) is 0 Å². The van der Waals surface area contributed by atoms with Crippen molar-refractivity contribution < 1.29 is 4.79 Å². The molecule has 1 nitrogen and oxygen atoms in total. The van der Waals surface area contributed by atoms with Crippen molar-refractivity contribution in [2.24, 2.45) is 5.92 Å². The molecule has 0 aromatic carbocycles. The van der Waals surface area contributed by atoms with Crippen molar-refractivity contribution in [2.75, 3.05) is 0 Å². The number of hydrogen-bond donors (Lipinski definition) is 0. The Hall–Kier alpha value is -0.590. The van der Waals surface area contributed by atoms with Crippen LogP contribution in [0.4, 0.5) is 0 Å². The normalized spacial score (nSPS) is 22.6. The smallest absolute Gasteiger partial charge is 0.137 e. The van der Waals surface area contributed by atoms with Crippen LogP contribution >= 0.6 is 0 Å². The molecule has 0 N–H and O–H groups in total. The van der Waals surface area contributed by atoms with Crippen LogP contribution in [-0.2, 0) is 4.79 Å². The second-order valence-electron chi connectivity index (χ2n) is 4.47. The van der Waals surface area contributed by atoms with Crippen LogP contribution in [0.1, 0.15) is 51.4 Å². The number of ketones is 1. The number of allylic oxidation sites excluding steroid dienone is 2. The van der Waals surface area contributed by atoms with Crippen LogP contribution in [0.15, 0.2) is 11.6 Å². The largest absolute Gasteiger partial charge is 0.299 e. The fourth-order valence-electron chi connectivity index (χ4n) is 2.03. The van der Waals surface area contributed by atoms with Crippen LogP contribution in [0, 0.1) is 5.92 Å². The Morgan fingerprint density at radius 2 is 2.23 bits per heavy atom. The highest BCUT2D eigenvalue weighted by atomic mass is 16.1. The number of carbonyl (C=O) groups excluding carboxylic acids is 1. The first-order valence-corrected chi connectivity index (χ1v) is 5.54. The SMILES string of the molecule is O=C(CC1=CCCCC1)CC1CC1. The Labute approximate surface area is 80.2 Å². The van der Waals surface area contributed by atoms with Crippen molar-refractivity contribution in [2.45, 2.75) is 51.4 Å². The molecule has 0 atom stereocenters. The van der Waals surface area contributed by atoms with Crippen molar-refractivity contribution in [3.63, 3.8) is 0 Å². The summed E-state index contributed by atoms with van der Waals surface area (Å²) in [7, 11) is 0. The first kappa shape index (κ1) is 8.98. The van der Waals surface area contributed by atoms with Crippen LogP contribution < -0.4 is 0 Å². The van der Waals surface area contributed by atoms with Crippen molar-refractivity contribution in [1.29, 1.82) is 0 Å². The maximum absolute atomic E-state index is 11.5. The van der Waals surface area contributed by atoms with Crippen molar-refractivity contribution in [3.8, 4) is 0 Å². The van der Waals surface area contributed by atoms with E-state index in [2.05, 4.69) is 6.08 Å². The van der Waals surface area contributed by atoms with Crippen LogP contribution in [-0.4, -0.2) is 5.78 Å². The van der Waals surface area contributed by atoms with Crippen molar-refractivity contribution in [1.82, 2.24) is 0 Å². The molecule has 72 valence electrons. The molecule has 0 saturated heterocycles. The number of hydrogen-bond acceptors (Lipinski definition) is 1. The Morgan fingerprint density at radius 1 is 1.38 bits per heavy atom. The molecule has 0 bridgehead atoms. The molecular formula is C12H18O. The van der Waals surface area contributed by atoms with Gasteiger partial charge in [-0.1, -0.05) is 11.6 Å². The van der Waals surface area contributed by atoms with Gasteiger partial charge in [0.2, 0.25) is 0 Å². The van der Waals surface area contributed by atoms with E-state index in [-0.39, 0.29) is 0 Å². The molecule has 1 fully saturated rings. The Balaban J connectivity index is 1.75. The lowest BCUT2D eigenvalue weighted by atomic mass is 9.94. The van der Waals surface area contributed by atoms with E-state index >= 15 is 0 Å². The maximum Gasteiger partial charge on any atom is 0.137 e. The molecule has 0 aliphatic heterocycles. The standard InChI is InChI=1S/C12H18O/c13-12(9-11-6-7-11)8-10-4-2-1-3-5-10/h4,11H,1-3,5-9H2. The summed E-state index contributed by atoms with van der Waals surface area (Å²) in [6.45, 7) is 0. The third kappa shape index (κ3) is 2.98. The predicted octanol–water partition coefficient (Wildman–Crippen LogP) is 3.25. The molecule has 0 spiro atoms. The summed E-state index contributed by atoms with van der Waals surface area (Å²) in [5.41, 5.74) is 1.41. The van der Waals surface area contributed by atoms with E-state index in [1.165, 1.54) is 44.1 Å². The van der Waals surface area contributed by atoms with E-state index < -0.39 is 0 Å². The summed E-state index contributed by atoms with van der Waals surface area (Å²) >= 11 is 0. The number of Topliss-reactive ketones (excluding diaryl/α,β-unsaturated/α-hetero) is 1. The third-order valence-corrected chi connectivity index (χ3v) is 3.02. The first-order chi connectivity index (χ1) is 6.34. The van der Waals surface area contributed by atoms with Crippen molar-refractivity contribution in [3.05, 3.63) is 11.6 Å². The molecule has 0 radical (unpaired) electrons. The minimum absolute atomic E-state index is 0.482. The Bertz CT molecular complexity index is 223. The molecule has 2 rings (SSSR count). The van der Waals surface area contributed by atoms with E-state index in [9.17, 15) is 4.79 Å². The highest BCUT2D eigenvalue weighted by Crippen LogP contribution is 2.33. The van der Waals surface area contributed by atoms with E-state index in [0.29, 0.717) is 5.78 Å². The Kier molecular flexibility index (Phi) is 2.82. The first-order valence-electron chi connectivity index (χ1n) is 5.54. The second kappa shape index (κ2) is 4.08. The van der Waals surface area contributed by atoms with E-state index in [0.717, 1.165) is 18.8 Å². The lowest BCUT2D eigenvalue weighted by Gasteiger charge is -2.11. The van der Waals surface area contributed by atoms with Gasteiger partial charge in [0.1, 0.15) is 5.78 Å². The average Bonchev–Trinajstić information content (AvgIpc) is 2.90. The molecule has 13 heavy (non-hydrogen) atoms. The van der Waals surface area contributed by atoms with Crippen LogP contribution in [0.5, 0.6) is 0 Å². The van der Waals surface area contributed by atoms with Gasteiger partial charge in [0.25, 0.3) is 0 Å². The summed E-state index contributed by atoms with van der Waals surface area (Å²) in [5, 5.41) is 0. The molecule has 1 heteroatoms. The molecular weight excluding hydrogens is 160 g/mol.